The fourth-order valence-electron chi connectivity index (χ4n) is 3.09. The van der Waals surface area contributed by atoms with Crippen molar-refractivity contribution in [2.45, 2.75) is 18.9 Å². The smallest absolute Gasteiger partial charge is 0.256 e. The minimum Gasteiger partial charge on any atom is -0.338 e. The van der Waals surface area contributed by atoms with E-state index in [2.05, 4.69) is 5.32 Å². The first-order valence-electron chi connectivity index (χ1n) is 6.74. The van der Waals surface area contributed by atoms with E-state index >= 15 is 0 Å². The van der Waals surface area contributed by atoms with E-state index in [-0.39, 0.29) is 12.4 Å². The third-order valence-corrected chi connectivity index (χ3v) is 4.21. The SMILES string of the molecule is Cl.O=C(c1ccc(F)c(F)c1F)N1CCC2NCCC2C1. The molecule has 1 amide bonds. The van der Waals surface area contributed by atoms with Crippen molar-refractivity contribution in [2.75, 3.05) is 19.6 Å². The van der Waals surface area contributed by atoms with Gasteiger partial charge in [-0.25, -0.2) is 13.2 Å². The number of hydrogen-bond acceptors (Lipinski definition) is 2. The summed E-state index contributed by atoms with van der Waals surface area (Å²) in [6, 6.07) is 2.21. The monoisotopic (exact) mass is 320 g/mol. The lowest BCUT2D eigenvalue weighted by Crippen LogP contribution is -2.47. The van der Waals surface area contributed by atoms with Gasteiger partial charge in [-0.15, -0.1) is 12.4 Å². The molecular weight excluding hydrogens is 305 g/mol. The van der Waals surface area contributed by atoms with Crippen molar-refractivity contribution in [1.82, 2.24) is 10.2 Å². The van der Waals surface area contributed by atoms with Gasteiger partial charge in [-0.3, -0.25) is 4.79 Å². The molecule has 0 radical (unpaired) electrons. The molecule has 3 nitrogen and oxygen atoms in total. The summed E-state index contributed by atoms with van der Waals surface area (Å²) in [5, 5.41) is 3.36. The molecule has 2 heterocycles. The van der Waals surface area contributed by atoms with Crippen LogP contribution in [0.25, 0.3) is 0 Å². The highest BCUT2D eigenvalue weighted by Crippen LogP contribution is 2.26. The number of likely N-dealkylation sites (tertiary alicyclic amines) is 1. The molecule has 0 spiro atoms. The van der Waals surface area contributed by atoms with Crippen LogP contribution in [0.3, 0.4) is 0 Å². The van der Waals surface area contributed by atoms with E-state index in [1.807, 2.05) is 0 Å². The molecule has 0 aliphatic carbocycles. The molecule has 7 heteroatoms. The van der Waals surface area contributed by atoms with Crippen molar-refractivity contribution in [1.29, 1.82) is 0 Å². The van der Waals surface area contributed by atoms with Crippen molar-refractivity contribution >= 4 is 18.3 Å². The molecule has 2 atom stereocenters. The Hall–Kier alpha value is -1.27. The van der Waals surface area contributed by atoms with Gasteiger partial charge >= 0.3 is 0 Å². The average molecular weight is 321 g/mol. The summed E-state index contributed by atoms with van der Waals surface area (Å²) >= 11 is 0. The molecule has 2 unspecified atom stereocenters. The molecule has 0 saturated carbocycles. The van der Waals surface area contributed by atoms with Crippen molar-refractivity contribution in [3.05, 3.63) is 35.1 Å². The number of carbonyl (C=O) groups excluding carboxylic acids is 1. The minimum absolute atomic E-state index is 0. The normalized spacial score (nSPS) is 24.4. The Bertz CT molecular complexity index is 555. The highest BCUT2D eigenvalue weighted by molar-refractivity contribution is 5.94. The summed E-state index contributed by atoms with van der Waals surface area (Å²) in [5.74, 6) is -4.47. The number of piperidine rings is 1. The molecule has 21 heavy (non-hydrogen) atoms. The predicted molar refractivity (Wildman–Crippen MR) is 74.0 cm³/mol. The number of nitrogens with zero attached hydrogens (tertiary/aromatic N) is 1. The Morgan fingerprint density at radius 3 is 2.71 bits per heavy atom. The third kappa shape index (κ3) is 2.87. The topological polar surface area (TPSA) is 32.3 Å². The van der Waals surface area contributed by atoms with Crippen LogP contribution in [0.15, 0.2) is 12.1 Å². The van der Waals surface area contributed by atoms with Crippen molar-refractivity contribution in [3.8, 4) is 0 Å². The van der Waals surface area contributed by atoms with Crippen molar-refractivity contribution in [3.63, 3.8) is 0 Å². The van der Waals surface area contributed by atoms with E-state index in [1.165, 1.54) is 4.90 Å². The van der Waals surface area contributed by atoms with E-state index < -0.39 is 28.9 Å². The Labute approximate surface area is 126 Å². The van der Waals surface area contributed by atoms with Crippen molar-refractivity contribution < 1.29 is 18.0 Å². The Balaban J connectivity index is 0.00000161. The van der Waals surface area contributed by atoms with Crippen LogP contribution in [0.4, 0.5) is 13.2 Å². The van der Waals surface area contributed by atoms with Gasteiger partial charge in [-0.05, 0) is 37.4 Å². The summed E-state index contributed by atoms with van der Waals surface area (Å²) in [5.41, 5.74) is -0.395. The summed E-state index contributed by atoms with van der Waals surface area (Å²) in [6.45, 7) is 1.97. The molecule has 2 aliphatic heterocycles. The Morgan fingerprint density at radius 1 is 1.19 bits per heavy atom. The average Bonchev–Trinajstić information content (AvgIpc) is 2.91. The molecule has 1 N–H and O–H groups in total. The maximum absolute atomic E-state index is 13.7. The zero-order valence-electron chi connectivity index (χ0n) is 11.2. The van der Waals surface area contributed by atoms with Gasteiger partial charge in [0.1, 0.15) is 0 Å². The Kier molecular flexibility index (Phi) is 4.78. The first-order valence-corrected chi connectivity index (χ1v) is 6.74. The number of hydrogen-bond donors (Lipinski definition) is 1. The molecule has 0 bridgehead atoms. The second-order valence-corrected chi connectivity index (χ2v) is 5.37. The number of halogens is 4. The highest BCUT2D eigenvalue weighted by atomic mass is 35.5. The largest absolute Gasteiger partial charge is 0.338 e. The summed E-state index contributed by atoms with van der Waals surface area (Å²) in [6.07, 6.45) is 1.79. The van der Waals surface area contributed by atoms with Gasteiger partial charge in [0.2, 0.25) is 0 Å². The van der Waals surface area contributed by atoms with E-state index in [9.17, 15) is 18.0 Å². The molecule has 1 aromatic rings. The van der Waals surface area contributed by atoms with E-state index in [0.29, 0.717) is 25.0 Å². The maximum Gasteiger partial charge on any atom is 0.256 e. The van der Waals surface area contributed by atoms with Gasteiger partial charge in [-0.2, -0.15) is 0 Å². The molecule has 2 saturated heterocycles. The summed E-state index contributed by atoms with van der Waals surface area (Å²) in [7, 11) is 0. The predicted octanol–water partition coefficient (Wildman–Crippen LogP) is 2.35. The minimum atomic E-state index is -1.59. The fraction of sp³-hybridized carbons (Fsp3) is 0.500. The van der Waals surface area contributed by atoms with Crippen molar-refractivity contribution in [2.24, 2.45) is 5.92 Å². The molecule has 3 rings (SSSR count). The van der Waals surface area contributed by atoms with Crippen LogP contribution in [0.1, 0.15) is 23.2 Å². The van der Waals surface area contributed by atoms with Gasteiger partial charge in [-0.1, -0.05) is 0 Å². The molecule has 1 aromatic carbocycles. The zero-order chi connectivity index (χ0) is 14.3. The number of benzene rings is 1. The number of nitrogens with one attached hydrogen (secondary N) is 1. The third-order valence-electron chi connectivity index (χ3n) is 4.21. The van der Waals surface area contributed by atoms with Crippen LogP contribution in [0.2, 0.25) is 0 Å². The standard InChI is InChI=1S/C14H15F3N2O.ClH/c15-10-2-1-9(12(16)13(10)17)14(20)19-6-4-11-8(7-19)3-5-18-11;/h1-2,8,11,18H,3-7H2;1H. The molecule has 2 aliphatic rings. The quantitative estimate of drug-likeness (QED) is 0.806. The number of rotatable bonds is 1. The van der Waals surface area contributed by atoms with Crippen LogP contribution < -0.4 is 5.32 Å². The van der Waals surface area contributed by atoms with Gasteiger partial charge in [0.05, 0.1) is 5.56 Å². The molecule has 0 aromatic heterocycles. The number of carbonyl (C=O) groups is 1. The second kappa shape index (κ2) is 6.23. The van der Waals surface area contributed by atoms with Gasteiger partial charge in [0.15, 0.2) is 17.5 Å². The second-order valence-electron chi connectivity index (χ2n) is 5.37. The first kappa shape index (κ1) is 16.1. The number of fused-ring (bicyclic) bond motifs is 1. The van der Waals surface area contributed by atoms with Crippen LogP contribution >= 0.6 is 12.4 Å². The fourth-order valence-corrected chi connectivity index (χ4v) is 3.09. The van der Waals surface area contributed by atoms with Crippen LogP contribution in [0, 0.1) is 23.4 Å². The lowest BCUT2D eigenvalue weighted by atomic mass is 9.93. The van der Waals surface area contributed by atoms with Crippen LogP contribution in [-0.2, 0) is 0 Å². The number of amides is 1. The molecule has 2 fully saturated rings. The van der Waals surface area contributed by atoms with Gasteiger partial charge in [0.25, 0.3) is 5.91 Å². The lowest BCUT2D eigenvalue weighted by molar-refractivity contribution is 0.0656. The van der Waals surface area contributed by atoms with E-state index in [0.717, 1.165) is 31.5 Å². The Morgan fingerprint density at radius 2 is 1.95 bits per heavy atom. The lowest BCUT2D eigenvalue weighted by Gasteiger charge is -2.35. The molecule has 116 valence electrons. The summed E-state index contributed by atoms with van der Waals surface area (Å²) < 4.78 is 39.8. The van der Waals surface area contributed by atoms with E-state index in [4.69, 9.17) is 0 Å². The first-order chi connectivity index (χ1) is 9.58. The molecular formula is C14H16ClF3N2O. The van der Waals surface area contributed by atoms with Crippen LogP contribution in [0.5, 0.6) is 0 Å². The van der Waals surface area contributed by atoms with Gasteiger partial charge in [0, 0.05) is 19.1 Å². The highest BCUT2D eigenvalue weighted by Gasteiger charge is 2.35. The van der Waals surface area contributed by atoms with E-state index in [1.54, 1.807) is 0 Å². The maximum atomic E-state index is 13.7. The van der Waals surface area contributed by atoms with Gasteiger partial charge < -0.3 is 10.2 Å². The summed E-state index contributed by atoms with van der Waals surface area (Å²) in [4.78, 5) is 13.8. The zero-order valence-corrected chi connectivity index (χ0v) is 12.1. The van der Waals surface area contributed by atoms with Crippen LogP contribution in [-0.4, -0.2) is 36.5 Å².